The van der Waals surface area contributed by atoms with Gasteiger partial charge in [-0.15, -0.1) is 0 Å². The number of aryl methyl sites for hydroxylation is 1. The second-order valence-electron chi connectivity index (χ2n) is 5.09. The molecule has 1 unspecified atom stereocenters. The van der Waals surface area contributed by atoms with E-state index in [0.717, 1.165) is 31.4 Å². The van der Waals surface area contributed by atoms with Crippen LogP contribution in [0.15, 0.2) is 18.2 Å². The summed E-state index contributed by atoms with van der Waals surface area (Å²) in [5.74, 6) is 0.269. The zero-order valence-corrected chi connectivity index (χ0v) is 12.2. The summed E-state index contributed by atoms with van der Waals surface area (Å²) in [4.78, 5) is 0. The van der Waals surface area contributed by atoms with E-state index in [9.17, 15) is 4.39 Å². The van der Waals surface area contributed by atoms with E-state index in [-0.39, 0.29) is 10.8 Å². The predicted octanol–water partition coefficient (Wildman–Crippen LogP) is 4.44. The molecule has 0 radical (unpaired) electrons. The molecule has 0 spiro atoms. The average Bonchev–Trinajstić information content (AvgIpc) is 2.33. The van der Waals surface area contributed by atoms with Gasteiger partial charge in [0.1, 0.15) is 5.82 Å². The number of hydrogen-bond donors (Lipinski definition) is 1. The van der Waals surface area contributed by atoms with E-state index in [2.05, 4.69) is 26.1 Å². The van der Waals surface area contributed by atoms with Crippen molar-refractivity contribution in [1.29, 1.82) is 0 Å². The lowest BCUT2D eigenvalue weighted by Crippen LogP contribution is -2.34. The van der Waals surface area contributed by atoms with Gasteiger partial charge in [0.2, 0.25) is 0 Å². The van der Waals surface area contributed by atoms with Crippen LogP contribution in [0.5, 0.6) is 0 Å². The highest BCUT2D eigenvalue weighted by Gasteiger charge is 2.12. The number of halogens is 2. The summed E-state index contributed by atoms with van der Waals surface area (Å²) >= 11 is 5.67. The second kappa shape index (κ2) is 7.75. The van der Waals surface area contributed by atoms with Crippen LogP contribution in [0.1, 0.15) is 39.2 Å². The average molecular weight is 272 g/mol. The van der Waals surface area contributed by atoms with Crippen molar-refractivity contribution >= 4 is 11.6 Å². The highest BCUT2D eigenvalue weighted by Crippen LogP contribution is 2.18. The number of benzene rings is 1. The van der Waals surface area contributed by atoms with E-state index >= 15 is 0 Å². The molecule has 1 rings (SSSR count). The minimum atomic E-state index is -0.322. The molecule has 0 saturated heterocycles. The Morgan fingerprint density at radius 3 is 2.61 bits per heavy atom. The van der Waals surface area contributed by atoms with Crippen molar-refractivity contribution < 1.29 is 4.39 Å². The summed E-state index contributed by atoms with van der Waals surface area (Å²) in [5.41, 5.74) is 1.01. The van der Waals surface area contributed by atoms with Gasteiger partial charge in [0, 0.05) is 6.04 Å². The van der Waals surface area contributed by atoms with Gasteiger partial charge in [0.25, 0.3) is 0 Å². The molecule has 0 saturated carbocycles. The first-order valence-corrected chi connectivity index (χ1v) is 7.09. The van der Waals surface area contributed by atoms with Crippen molar-refractivity contribution in [3.63, 3.8) is 0 Å². The minimum Gasteiger partial charge on any atom is -0.314 e. The minimum absolute atomic E-state index is 0.197. The van der Waals surface area contributed by atoms with Crippen molar-refractivity contribution in [2.24, 2.45) is 5.92 Å². The van der Waals surface area contributed by atoms with Gasteiger partial charge in [-0.1, -0.05) is 38.4 Å². The van der Waals surface area contributed by atoms with Crippen LogP contribution in [0.3, 0.4) is 0 Å². The predicted molar refractivity (Wildman–Crippen MR) is 76.7 cm³/mol. The Kier molecular flexibility index (Phi) is 6.66. The first kappa shape index (κ1) is 15.5. The summed E-state index contributed by atoms with van der Waals surface area (Å²) in [6.07, 6.45) is 3.05. The van der Waals surface area contributed by atoms with Crippen LogP contribution >= 0.6 is 11.6 Å². The van der Waals surface area contributed by atoms with Crippen molar-refractivity contribution in [3.05, 3.63) is 34.6 Å². The Morgan fingerprint density at radius 1 is 1.33 bits per heavy atom. The molecule has 1 N–H and O–H groups in total. The number of nitrogens with one attached hydrogen (secondary N) is 1. The Labute approximate surface area is 115 Å². The SMILES string of the molecule is CCCNC(CCc1ccc(Cl)c(F)c1)C(C)C. The van der Waals surface area contributed by atoms with Crippen molar-refractivity contribution in [3.8, 4) is 0 Å². The third-order valence-corrected chi connectivity index (χ3v) is 3.50. The number of hydrogen-bond acceptors (Lipinski definition) is 1. The quantitative estimate of drug-likeness (QED) is 0.773. The summed E-state index contributed by atoms with van der Waals surface area (Å²) in [7, 11) is 0. The fraction of sp³-hybridized carbons (Fsp3) is 0.600. The normalized spacial score (nSPS) is 13.0. The molecule has 0 fully saturated rings. The lowest BCUT2D eigenvalue weighted by Gasteiger charge is -2.22. The van der Waals surface area contributed by atoms with Gasteiger partial charge in [0.15, 0.2) is 0 Å². The third-order valence-electron chi connectivity index (χ3n) is 3.19. The molecule has 0 heterocycles. The third kappa shape index (κ3) is 4.95. The van der Waals surface area contributed by atoms with Crippen LogP contribution in [-0.2, 0) is 6.42 Å². The largest absolute Gasteiger partial charge is 0.314 e. The molecule has 102 valence electrons. The Morgan fingerprint density at radius 2 is 2.06 bits per heavy atom. The zero-order chi connectivity index (χ0) is 13.5. The first-order valence-electron chi connectivity index (χ1n) is 6.72. The molecule has 1 nitrogen and oxygen atoms in total. The van der Waals surface area contributed by atoms with E-state index in [1.54, 1.807) is 12.1 Å². The molecule has 0 amide bonds. The van der Waals surface area contributed by atoms with E-state index in [4.69, 9.17) is 11.6 Å². The molecule has 0 aliphatic rings. The molecule has 3 heteroatoms. The topological polar surface area (TPSA) is 12.0 Å². The van der Waals surface area contributed by atoms with Crippen molar-refractivity contribution in [2.45, 2.75) is 46.1 Å². The summed E-state index contributed by atoms with van der Waals surface area (Å²) in [6, 6.07) is 5.57. The van der Waals surface area contributed by atoms with E-state index in [0.29, 0.717) is 12.0 Å². The van der Waals surface area contributed by atoms with E-state index in [1.807, 2.05) is 6.07 Å². The van der Waals surface area contributed by atoms with Gasteiger partial charge < -0.3 is 5.32 Å². The molecule has 1 aromatic rings. The maximum absolute atomic E-state index is 13.3. The van der Waals surface area contributed by atoms with Crippen LogP contribution < -0.4 is 5.32 Å². The van der Waals surface area contributed by atoms with Gasteiger partial charge in [-0.2, -0.15) is 0 Å². The lowest BCUT2D eigenvalue weighted by atomic mass is 9.96. The van der Waals surface area contributed by atoms with Crippen LogP contribution in [0.2, 0.25) is 5.02 Å². The maximum Gasteiger partial charge on any atom is 0.142 e. The lowest BCUT2D eigenvalue weighted by molar-refractivity contribution is 0.378. The molecule has 0 bridgehead atoms. The first-order chi connectivity index (χ1) is 8.54. The van der Waals surface area contributed by atoms with Crippen molar-refractivity contribution in [1.82, 2.24) is 5.32 Å². The van der Waals surface area contributed by atoms with Crippen LogP contribution in [0, 0.1) is 11.7 Å². The Balaban J connectivity index is 2.52. The summed E-state index contributed by atoms with van der Waals surface area (Å²) < 4.78 is 13.3. The fourth-order valence-electron chi connectivity index (χ4n) is 2.02. The van der Waals surface area contributed by atoms with Crippen LogP contribution in [0.4, 0.5) is 4.39 Å². The van der Waals surface area contributed by atoms with Crippen LogP contribution in [-0.4, -0.2) is 12.6 Å². The molecular weight excluding hydrogens is 249 g/mol. The van der Waals surface area contributed by atoms with Crippen LogP contribution in [0.25, 0.3) is 0 Å². The van der Waals surface area contributed by atoms with Gasteiger partial charge >= 0.3 is 0 Å². The van der Waals surface area contributed by atoms with Gasteiger partial charge in [-0.25, -0.2) is 4.39 Å². The van der Waals surface area contributed by atoms with Gasteiger partial charge in [-0.3, -0.25) is 0 Å². The zero-order valence-electron chi connectivity index (χ0n) is 11.5. The summed E-state index contributed by atoms with van der Waals surface area (Å²) in [6.45, 7) is 7.64. The molecule has 0 aliphatic heterocycles. The monoisotopic (exact) mass is 271 g/mol. The van der Waals surface area contributed by atoms with Gasteiger partial charge in [0.05, 0.1) is 5.02 Å². The van der Waals surface area contributed by atoms with E-state index < -0.39 is 0 Å². The molecule has 1 atom stereocenters. The Bertz CT molecular complexity index is 366. The molecule has 1 aromatic carbocycles. The molecular formula is C15H23ClFN. The maximum atomic E-state index is 13.3. The highest BCUT2D eigenvalue weighted by molar-refractivity contribution is 6.30. The highest BCUT2D eigenvalue weighted by atomic mass is 35.5. The molecule has 0 aromatic heterocycles. The molecule has 0 aliphatic carbocycles. The van der Waals surface area contributed by atoms with Crippen molar-refractivity contribution in [2.75, 3.05) is 6.54 Å². The standard InChI is InChI=1S/C15H23ClFN/c1-4-9-18-15(11(2)3)8-6-12-5-7-13(16)14(17)10-12/h5,7,10-11,15,18H,4,6,8-9H2,1-3H3. The smallest absolute Gasteiger partial charge is 0.142 e. The van der Waals surface area contributed by atoms with Gasteiger partial charge in [-0.05, 0) is 49.4 Å². The summed E-state index contributed by atoms with van der Waals surface area (Å²) in [5, 5.41) is 3.74. The second-order valence-corrected chi connectivity index (χ2v) is 5.50. The molecule has 18 heavy (non-hydrogen) atoms. The Hall–Kier alpha value is -0.600. The number of rotatable bonds is 7. The fourth-order valence-corrected chi connectivity index (χ4v) is 2.14. The van der Waals surface area contributed by atoms with E-state index in [1.165, 1.54) is 0 Å².